The first-order chi connectivity index (χ1) is 10.7. The predicted molar refractivity (Wildman–Crippen MR) is 96.4 cm³/mol. The zero-order chi connectivity index (χ0) is 15.9. The van der Waals surface area contributed by atoms with Crippen LogP contribution in [0.2, 0.25) is 0 Å². The van der Waals surface area contributed by atoms with Crippen molar-refractivity contribution in [1.82, 2.24) is 4.98 Å². The van der Waals surface area contributed by atoms with Crippen LogP contribution in [0.15, 0.2) is 30.5 Å². The molecule has 0 saturated carbocycles. The third-order valence-corrected chi connectivity index (χ3v) is 4.47. The number of aromatic nitrogens is 1. The quantitative estimate of drug-likeness (QED) is 0.606. The molecule has 2 aromatic rings. The molecule has 0 radical (unpaired) electrons. The normalized spacial score (nSPS) is 10.9. The molecular formula is C21H29N. The van der Waals surface area contributed by atoms with E-state index < -0.39 is 0 Å². The zero-order valence-corrected chi connectivity index (χ0v) is 14.6. The van der Waals surface area contributed by atoms with E-state index in [0.29, 0.717) is 0 Å². The summed E-state index contributed by atoms with van der Waals surface area (Å²) >= 11 is 0. The van der Waals surface area contributed by atoms with Crippen LogP contribution in [0.4, 0.5) is 0 Å². The van der Waals surface area contributed by atoms with Crippen LogP contribution in [0.25, 0.3) is 11.3 Å². The fraction of sp³-hybridized carbons (Fsp3) is 0.476. The van der Waals surface area contributed by atoms with Crippen molar-refractivity contribution in [3.05, 3.63) is 52.7 Å². The summed E-state index contributed by atoms with van der Waals surface area (Å²) in [5.74, 6) is 0. The molecule has 1 nitrogen and oxygen atoms in total. The summed E-state index contributed by atoms with van der Waals surface area (Å²) in [6.07, 6.45) is 9.20. The maximum atomic E-state index is 4.67. The lowest BCUT2D eigenvalue weighted by Gasteiger charge is -2.20. The van der Waals surface area contributed by atoms with E-state index in [1.165, 1.54) is 53.5 Å². The second kappa shape index (κ2) is 8.12. The summed E-state index contributed by atoms with van der Waals surface area (Å²) in [4.78, 5) is 4.67. The minimum Gasteiger partial charge on any atom is -0.256 e. The zero-order valence-electron chi connectivity index (χ0n) is 14.6. The SMILES string of the molecule is CCCCc1c(C)cc(C)c(CCCC)c1-c1ccccn1. The second-order valence-electron chi connectivity index (χ2n) is 6.26. The van der Waals surface area contributed by atoms with Gasteiger partial charge in [-0.1, -0.05) is 38.8 Å². The molecule has 0 N–H and O–H groups in total. The van der Waals surface area contributed by atoms with Gasteiger partial charge in [0, 0.05) is 11.8 Å². The maximum Gasteiger partial charge on any atom is 0.0707 e. The highest BCUT2D eigenvalue weighted by atomic mass is 14.7. The van der Waals surface area contributed by atoms with Crippen LogP contribution in [0.1, 0.15) is 61.8 Å². The Bertz CT molecular complexity index is 567. The van der Waals surface area contributed by atoms with Crippen molar-refractivity contribution in [2.45, 2.75) is 66.2 Å². The van der Waals surface area contributed by atoms with E-state index in [2.05, 4.69) is 50.9 Å². The third-order valence-electron chi connectivity index (χ3n) is 4.47. The molecule has 0 atom stereocenters. The highest BCUT2D eigenvalue weighted by molar-refractivity contribution is 5.71. The molecule has 0 bridgehead atoms. The standard InChI is InChI=1S/C21H29N/c1-5-7-11-18-16(3)15-17(4)19(12-8-6-2)21(18)20-13-9-10-14-22-20/h9-10,13-15H,5-8,11-12H2,1-4H3. The van der Waals surface area contributed by atoms with Crippen molar-refractivity contribution in [2.24, 2.45) is 0 Å². The lowest BCUT2D eigenvalue weighted by atomic mass is 9.86. The number of pyridine rings is 1. The van der Waals surface area contributed by atoms with Gasteiger partial charge < -0.3 is 0 Å². The molecule has 0 aliphatic heterocycles. The van der Waals surface area contributed by atoms with Gasteiger partial charge >= 0.3 is 0 Å². The van der Waals surface area contributed by atoms with Crippen molar-refractivity contribution in [2.75, 3.05) is 0 Å². The Morgan fingerprint density at radius 2 is 1.45 bits per heavy atom. The summed E-state index contributed by atoms with van der Waals surface area (Å²) in [7, 11) is 0. The Hall–Kier alpha value is -1.63. The summed E-state index contributed by atoms with van der Waals surface area (Å²) < 4.78 is 0. The van der Waals surface area contributed by atoms with Crippen LogP contribution in [-0.4, -0.2) is 4.98 Å². The molecular weight excluding hydrogens is 266 g/mol. The van der Waals surface area contributed by atoms with Crippen LogP contribution in [-0.2, 0) is 12.8 Å². The minimum absolute atomic E-state index is 1.14. The van der Waals surface area contributed by atoms with Gasteiger partial charge in [0.15, 0.2) is 0 Å². The highest BCUT2D eigenvalue weighted by Crippen LogP contribution is 2.33. The first-order valence-electron chi connectivity index (χ1n) is 8.72. The lowest BCUT2D eigenvalue weighted by Crippen LogP contribution is -2.04. The van der Waals surface area contributed by atoms with Crippen molar-refractivity contribution in [3.8, 4) is 11.3 Å². The Morgan fingerprint density at radius 3 is 1.91 bits per heavy atom. The molecule has 0 saturated heterocycles. The molecule has 1 aromatic heterocycles. The Labute approximate surface area is 135 Å². The van der Waals surface area contributed by atoms with Gasteiger partial charge in [-0.05, 0) is 73.9 Å². The predicted octanol–water partition coefficient (Wildman–Crippen LogP) is 6.05. The molecule has 0 unspecified atom stereocenters. The van der Waals surface area contributed by atoms with E-state index in [-0.39, 0.29) is 0 Å². The van der Waals surface area contributed by atoms with Crippen LogP contribution >= 0.6 is 0 Å². The lowest BCUT2D eigenvalue weighted by molar-refractivity contribution is 0.776. The van der Waals surface area contributed by atoms with Crippen LogP contribution < -0.4 is 0 Å². The molecule has 118 valence electrons. The van der Waals surface area contributed by atoms with Crippen LogP contribution in [0, 0.1) is 13.8 Å². The van der Waals surface area contributed by atoms with Gasteiger partial charge in [-0.3, -0.25) is 4.98 Å². The fourth-order valence-electron chi connectivity index (χ4n) is 3.25. The minimum atomic E-state index is 1.14. The molecule has 1 aromatic carbocycles. The molecule has 1 heteroatoms. The topological polar surface area (TPSA) is 12.9 Å². The molecule has 0 aliphatic carbocycles. The van der Waals surface area contributed by atoms with Crippen LogP contribution in [0.3, 0.4) is 0 Å². The monoisotopic (exact) mass is 295 g/mol. The Balaban J connectivity index is 2.61. The van der Waals surface area contributed by atoms with E-state index >= 15 is 0 Å². The first kappa shape index (κ1) is 16.7. The molecule has 0 fully saturated rings. The van der Waals surface area contributed by atoms with E-state index in [1.807, 2.05) is 12.3 Å². The van der Waals surface area contributed by atoms with Crippen molar-refractivity contribution >= 4 is 0 Å². The molecule has 1 heterocycles. The van der Waals surface area contributed by atoms with Crippen molar-refractivity contribution in [3.63, 3.8) is 0 Å². The number of hydrogen-bond acceptors (Lipinski definition) is 1. The van der Waals surface area contributed by atoms with Crippen LogP contribution in [0.5, 0.6) is 0 Å². The van der Waals surface area contributed by atoms with Gasteiger partial charge in [0.25, 0.3) is 0 Å². The summed E-state index contributed by atoms with van der Waals surface area (Å²) in [5.41, 5.74) is 8.43. The van der Waals surface area contributed by atoms with Crippen molar-refractivity contribution in [1.29, 1.82) is 0 Å². The number of rotatable bonds is 7. The average Bonchev–Trinajstić information content (AvgIpc) is 2.53. The number of aryl methyl sites for hydroxylation is 2. The van der Waals surface area contributed by atoms with E-state index in [1.54, 1.807) is 0 Å². The maximum absolute atomic E-state index is 4.67. The van der Waals surface area contributed by atoms with E-state index in [4.69, 9.17) is 0 Å². The Morgan fingerprint density at radius 1 is 0.864 bits per heavy atom. The summed E-state index contributed by atoms with van der Waals surface area (Å²) in [6, 6.07) is 8.65. The summed E-state index contributed by atoms with van der Waals surface area (Å²) in [6.45, 7) is 9.05. The molecule has 0 spiro atoms. The first-order valence-corrected chi connectivity index (χ1v) is 8.72. The van der Waals surface area contributed by atoms with Gasteiger partial charge in [-0.15, -0.1) is 0 Å². The van der Waals surface area contributed by atoms with Gasteiger partial charge in [0.1, 0.15) is 0 Å². The fourth-order valence-corrected chi connectivity index (χ4v) is 3.25. The summed E-state index contributed by atoms with van der Waals surface area (Å²) in [5, 5.41) is 0. The van der Waals surface area contributed by atoms with Gasteiger partial charge in [0.2, 0.25) is 0 Å². The van der Waals surface area contributed by atoms with Gasteiger partial charge in [-0.2, -0.15) is 0 Å². The number of unbranched alkanes of at least 4 members (excludes halogenated alkanes) is 2. The van der Waals surface area contributed by atoms with E-state index in [9.17, 15) is 0 Å². The second-order valence-corrected chi connectivity index (χ2v) is 6.26. The Kier molecular flexibility index (Phi) is 6.18. The largest absolute Gasteiger partial charge is 0.256 e. The smallest absolute Gasteiger partial charge is 0.0707 e. The third kappa shape index (κ3) is 3.76. The van der Waals surface area contributed by atoms with Crippen molar-refractivity contribution < 1.29 is 0 Å². The molecule has 0 amide bonds. The molecule has 2 rings (SSSR count). The molecule has 0 aliphatic rings. The average molecular weight is 295 g/mol. The van der Waals surface area contributed by atoms with E-state index in [0.717, 1.165) is 18.5 Å². The van der Waals surface area contributed by atoms with Gasteiger partial charge in [-0.25, -0.2) is 0 Å². The number of hydrogen-bond donors (Lipinski definition) is 0. The number of benzene rings is 1. The van der Waals surface area contributed by atoms with Gasteiger partial charge in [0.05, 0.1) is 5.69 Å². The molecule has 22 heavy (non-hydrogen) atoms. The highest BCUT2D eigenvalue weighted by Gasteiger charge is 2.16. The number of nitrogens with zero attached hydrogens (tertiary/aromatic N) is 1.